The van der Waals surface area contributed by atoms with Crippen molar-refractivity contribution in [1.82, 2.24) is 45.0 Å². The minimum Gasteiger partial charge on any atom is -0.390 e. The predicted octanol–water partition coefficient (Wildman–Crippen LogP) is -0.343. The van der Waals surface area contributed by atoms with Crippen LogP contribution in [-0.2, 0) is 53.0 Å². The van der Waals surface area contributed by atoms with E-state index in [4.69, 9.17) is 14.5 Å². The van der Waals surface area contributed by atoms with Crippen LogP contribution in [0.25, 0.3) is 28.0 Å². The number of hydrogen-bond acceptors (Lipinski definition) is 21. The molecule has 13 N–H and O–H groups in total. The number of H-pyrrole nitrogens is 1. The second-order valence-electron chi connectivity index (χ2n) is 15.0. The van der Waals surface area contributed by atoms with Crippen LogP contribution in [-0.4, -0.2) is 136 Å². The third-order valence-corrected chi connectivity index (χ3v) is 14.7. The van der Waals surface area contributed by atoms with Gasteiger partial charge in [-0.2, -0.15) is 17.0 Å². The Morgan fingerprint density at radius 3 is 2.41 bits per heavy atom. The van der Waals surface area contributed by atoms with Crippen molar-refractivity contribution in [3.63, 3.8) is 0 Å². The number of hydrogen-bond donors (Lipinski definition) is 13. The number of aryl methyl sites for hydroxylation is 1. The Hall–Kier alpha value is -5.14. The molecular weight excluding hydrogens is 1020 g/mol. The average Bonchev–Trinajstić information content (AvgIpc) is 3.86. The zero-order chi connectivity index (χ0) is 50.9. The summed E-state index contributed by atoms with van der Waals surface area (Å²) in [6.07, 6.45) is 2.00. The molecule has 1 saturated heterocycles. The first-order chi connectivity index (χ1) is 33.0. The van der Waals surface area contributed by atoms with E-state index in [0.29, 0.717) is 72.5 Å². The van der Waals surface area contributed by atoms with Gasteiger partial charge in [-0.15, -0.1) is 0 Å². The van der Waals surface area contributed by atoms with Crippen molar-refractivity contribution in [2.24, 2.45) is 0 Å². The van der Waals surface area contributed by atoms with Gasteiger partial charge in [-0.25, -0.2) is 33.4 Å². The van der Waals surface area contributed by atoms with Crippen molar-refractivity contribution in [2.45, 2.75) is 55.5 Å². The number of rotatable bonds is 26. The highest BCUT2D eigenvalue weighted by molar-refractivity contribution is 7.86. The highest BCUT2D eigenvalue weighted by Gasteiger charge is 2.43. The average molecular weight is 1060 g/mol. The fourth-order valence-electron chi connectivity index (χ4n) is 6.89. The molecular formula is C36H48N11O19P3S. The van der Waals surface area contributed by atoms with E-state index >= 15 is 0 Å². The molecule has 1 fully saturated rings. The number of carbonyl (C=O) groups is 1. The SMILES string of the molecule is O=C(/C=C/c1cn(C2CC(O)C(COP(=O)(O)OP(=O)(O)OP(=O)(O)O)O2)c(=O)[nH]c1=O)NCCNc1ncnc2c1ncn2CCCCNC(O)NCCNc1cccc2c(S(=O)(=O)O)cccc12. The molecule has 3 aromatic heterocycles. The first-order valence-electron chi connectivity index (χ1n) is 20.7. The smallest absolute Gasteiger partial charge is 0.390 e. The lowest BCUT2D eigenvalue weighted by molar-refractivity contribution is -0.116. The number of carbonyl (C=O) groups excluding carboxylic acids is 1. The van der Waals surface area contributed by atoms with Gasteiger partial charge in [-0.1, -0.05) is 24.3 Å². The van der Waals surface area contributed by atoms with Gasteiger partial charge < -0.3 is 55.0 Å². The van der Waals surface area contributed by atoms with Gasteiger partial charge in [0.05, 0.1) is 24.6 Å². The van der Waals surface area contributed by atoms with Gasteiger partial charge in [-0.05, 0) is 37.6 Å². The molecule has 0 radical (unpaired) electrons. The number of phosphoric ester groups is 1. The molecule has 4 heterocycles. The number of aromatic nitrogens is 6. The zero-order valence-electron chi connectivity index (χ0n) is 36.2. The molecule has 382 valence electrons. The van der Waals surface area contributed by atoms with Crippen molar-refractivity contribution in [1.29, 1.82) is 0 Å². The van der Waals surface area contributed by atoms with Crippen molar-refractivity contribution in [3.8, 4) is 0 Å². The maximum atomic E-state index is 12.6. The number of ether oxygens (including phenoxy) is 1. The maximum absolute atomic E-state index is 12.6. The fourth-order valence-corrected chi connectivity index (χ4v) is 10.6. The molecule has 0 aliphatic carbocycles. The monoisotopic (exact) mass is 1060 g/mol. The Morgan fingerprint density at radius 2 is 1.66 bits per heavy atom. The lowest BCUT2D eigenvalue weighted by Crippen LogP contribution is -2.44. The minimum absolute atomic E-state index is 0.0930. The highest BCUT2D eigenvalue weighted by atomic mass is 32.2. The third kappa shape index (κ3) is 15.4. The Balaban J connectivity index is 0.894. The molecule has 30 nitrogen and oxygen atoms in total. The lowest BCUT2D eigenvalue weighted by atomic mass is 10.1. The zero-order valence-corrected chi connectivity index (χ0v) is 39.7. The predicted molar refractivity (Wildman–Crippen MR) is 245 cm³/mol. The minimum atomic E-state index is -5.80. The molecule has 70 heavy (non-hydrogen) atoms. The van der Waals surface area contributed by atoms with Gasteiger partial charge in [0.2, 0.25) is 5.91 Å². The van der Waals surface area contributed by atoms with Crippen LogP contribution in [0, 0.1) is 0 Å². The fraction of sp³-hybridized carbons (Fsp3) is 0.389. The molecule has 5 aromatic rings. The molecule has 1 aliphatic rings. The summed E-state index contributed by atoms with van der Waals surface area (Å²) in [5.74, 6) is -0.213. The summed E-state index contributed by atoms with van der Waals surface area (Å²) in [6, 6.07) is 9.68. The Labute approximate surface area is 395 Å². The number of unbranched alkanes of at least 4 members (excludes halogenated alkanes) is 1. The van der Waals surface area contributed by atoms with Crippen molar-refractivity contribution < 1.29 is 79.1 Å². The molecule has 34 heteroatoms. The summed E-state index contributed by atoms with van der Waals surface area (Å²) in [6.45, 7) is 1.13. The summed E-state index contributed by atoms with van der Waals surface area (Å²) >= 11 is 0. The van der Waals surface area contributed by atoms with Crippen LogP contribution in [0.4, 0.5) is 11.5 Å². The summed E-state index contributed by atoms with van der Waals surface area (Å²) < 4.78 is 87.5. The second kappa shape index (κ2) is 23.4. The number of aliphatic hydroxyl groups excluding tert-OH is 2. The summed E-state index contributed by atoms with van der Waals surface area (Å²) in [5.41, 5.74) is -0.334. The van der Waals surface area contributed by atoms with Crippen molar-refractivity contribution in [2.75, 3.05) is 50.0 Å². The summed E-state index contributed by atoms with van der Waals surface area (Å²) in [5, 5.41) is 36.6. The normalized spacial score (nSPS) is 18.8. The van der Waals surface area contributed by atoms with E-state index in [-0.39, 0.29) is 30.0 Å². The number of phosphoric acid groups is 3. The molecule has 6 unspecified atom stereocenters. The van der Waals surface area contributed by atoms with Crippen LogP contribution in [0.15, 0.2) is 75.8 Å². The van der Waals surface area contributed by atoms with E-state index in [9.17, 15) is 61.0 Å². The second-order valence-corrected chi connectivity index (χ2v) is 20.8. The molecule has 1 amide bonds. The summed E-state index contributed by atoms with van der Waals surface area (Å²) in [7, 11) is -21.4. The van der Waals surface area contributed by atoms with Crippen molar-refractivity contribution >= 4 is 79.0 Å². The standard InChI is InChI=1S/C36H48N11O19P3S/c48-26-17-30(64-27(26)19-63-68(56,57)66-69(58,59)65-67(53,54)55)47-18-22(34(50)45-36(47)52)9-10-29(49)38-13-14-39-32-31-33(43-20-42-32)46(21-44-31)16-2-1-11-40-35(51)41-15-12-37-25-7-3-6-24-23(25)5-4-8-28(24)70(60,61)62/h3-10,18,20-21,26-27,30,35,37,40-41,48,51H,1-2,11-17,19H2,(H,38,49)(H,56,57)(H,58,59)(H,39,42,43)(H,45,50,52)(H2,53,54,55)(H,60,61,62)/b10-9+. The number of anilines is 2. The van der Waals surface area contributed by atoms with Gasteiger partial charge in [0.25, 0.3) is 15.7 Å². The van der Waals surface area contributed by atoms with E-state index < -0.39 is 82.1 Å². The Morgan fingerprint density at radius 1 is 0.929 bits per heavy atom. The van der Waals surface area contributed by atoms with Crippen LogP contribution in [0.1, 0.15) is 31.1 Å². The van der Waals surface area contributed by atoms with Gasteiger partial charge in [0.15, 0.2) is 17.8 Å². The molecule has 0 bridgehead atoms. The topological polar surface area (TPSA) is 440 Å². The van der Waals surface area contributed by atoms with Crippen LogP contribution in [0.3, 0.4) is 0 Å². The van der Waals surface area contributed by atoms with E-state index in [1.54, 1.807) is 36.7 Å². The molecule has 0 saturated carbocycles. The molecule has 6 rings (SSSR count). The quantitative estimate of drug-likeness (QED) is 0.0111. The van der Waals surface area contributed by atoms with Gasteiger partial charge >= 0.3 is 29.2 Å². The van der Waals surface area contributed by atoms with E-state index in [0.717, 1.165) is 22.9 Å². The van der Waals surface area contributed by atoms with Crippen LogP contribution in [0.5, 0.6) is 0 Å². The number of imidazole rings is 1. The first-order valence-corrected chi connectivity index (χ1v) is 26.7. The number of benzene rings is 2. The first kappa shape index (κ1) is 54.2. The van der Waals surface area contributed by atoms with E-state index in [1.165, 1.54) is 12.4 Å². The Kier molecular flexibility index (Phi) is 18.1. The number of nitrogens with zero attached hydrogens (tertiary/aromatic N) is 5. The molecule has 0 spiro atoms. The molecule has 2 aromatic carbocycles. The number of aliphatic hydroxyl groups is 2. The number of amides is 1. The maximum Gasteiger partial charge on any atom is 0.490 e. The Bertz CT molecular complexity index is 3080. The largest absolute Gasteiger partial charge is 0.490 e. The van der Waals surface area contributed by atoms with Gasteiger partial charge in [0, 0.05) is 67.9 Å². The molecule has 1 aliphatic heterocycles. The van der Waals surface area contributed by atoms with E-state index in [1.807, 2.05) is 9.55 Å². The van der Waals surface area contributed by atoms with Gasteiger partial charge in [-0.3, -0.25) is 38.9 Å². The number of aromatic amines is 1. The van der Waals surface area contributed by atoms with Crippen LogP contribution < -0.4 is 37.8 Å². The molecule has 6 atom stereocenters. The summed E-state index contributed by atoms with van der Waals surface area (Å²) in [4.78, 5) is 89.0. The highest BCUT2D eigenvalue weighted by Crippen LogP contribution is 2.66. The number of fused-ring (bicyclic) bond motifs is 2. The van der Waals surface area contributed by atoms with Crippen LogP contribution >= 0.6 is 23.5 Å². The van der Waals surface area contributed by atoms with E-state index in [2.05, 4.69) is 54.7 Å². The van der Waals surface area contributed by atoms with Crippen molar-refractivity contribution in [3.05, 3.63) is 87.7 Å². The van der Waals surface area contributed by atoms with Gasteiger partial charge in [0.1, 0.15) is 29.1 Å². The van der Waals surface area contributed by atoms with Crippen LogP contribution in [0.2, 0.25) is 0 Å². The lowest BCUT2D eigenvalue weighted by Gasteiger charge is -2.19. The third-order valence-electron chi connectivity index (χ3n) is 9.96. The number of nitrogens with one attached hydrogen (secondary N) is 6.